The predicted molar refractivity (Wildman–Crippen MR) is 108 cm³/mol. The zero-order valence-electron chi connectivity index (χ0n) is 13.8. The van der Waals surface area contributed by atoms with Gasteiger partial charge in [0.1, 0.15) is 0 Å². The van der Waals surface area contributed by atoms with Gasteiger partial charge in [0.05, 0.1) is 11.5 Å². The molecule has 0 aromatic heterocycles. The number of amidine groups is 1. The molecule has 1 amide bonds. The van der Waals surface area contributed by atoms with E-state index in [-0.39, 0.29) is 11.2 Å². The number of thioether (sulfide) groups is 2. The van der Waals surface area contributed by atoms with E-state index in [4.69, 9.17) is 11.6 Å². The molecule has 1 aliphatic rings. The van der Waals surface area contributed by atoms with E-state index in [1.165, 1.54) is 11.8 Å². The molecule has 1 atom stereocenters. The van der Waals surface area contributed by atoms with Gasteiger partial charge in [-0.2, -0.15) is 13.9 Å². The Bertz CT molecular complexity index is 858. The van der Waals surface area contributed by atoms with Crippen LogP contribution in [0.3, 0.4) is 0 Å². The highest BCUT2D eigenvalue weighted by Crippen LogP contribution is 2.27. The average Bonchev–Trinajstić information content (AvgIpc) is 2.97. The number of alkyl halides is 2. The van der Waals surface area contributed by atoms with Crippen LogP contribution in [0, 0.1) is 0 Å². The summed E-state index contributed by atoms with van der Waals surface area (Å²) in [5.74, 6) is -2.59. The lowest BCUT2D eigenvalue weighted by atomic mass is 10.1. The van der Waals surface area contributed by atoms with Crippen molar-refractivity contribution < 1.29 is 13.6 Å². The molecule has 27 heavy (non-hydrogen) atoms. The normalized spacial score (nSPS) is 18.6. The van der Waals surface area contributed by atoms with Gasteiger partial charge in [-0.3, -0.25) is 4.79 Å². The first kappa shape index (κ1) is 19.9. The van der Waals surface area contributed by atoms with E-state index in [1.54, 1.807) is 42.6 Å². The number of amides is 1. The van der Waals surface area contributed by atoms with Crippen molar-refractivity contribution in [2.75, 3.05) is 0 Å². The summed E-state index contributed by atoms with van der Waals surface area (Å²) in [5.41, 5.74) is 1.74. The number of hydrogen-bond acceptors (Lipinski definition) is 5. The molecule has 1 fully saturated rings. The van der Waals surface area contributed by atoms with Crippen LogP contribution in [0.5, 0.6) is 0 Å². The van der Waals surface area contributed by atoms with Crippen LogP contribution in [0.25, 0.3) is 0 Å². The van der Waals surface area contributed by atoms with Crippen molar-refractivity contribution in [3.63, 3.8) is 0 Å². The molecule has 0 bridgehead atoms. The van der Waals surface area contributed by atoms with Gasteiger partial charge in [-0.1, -0.05) is 59.4 Å². The first-order chi connectivity index (χ1) is 13.0. The quantitative estimate of drug-likeness (QED) is 0.410. The maximum Gasteiger partial charge on any atom is 0.288 e. The smallest absolute Gasteiger partial charge is 0.288 e. The Hall–Kier alpha value is -1.90. The van der Waals surface area contributed by atoms with Gasteiger partial charge in [-0.05, 0) is 41.8 Å². The maximum atomic E-state index is 12.3. The first-order valence-corrected chi connectivity index (χ1v) is 10.0. The monoisotopic (exact) mass is 425 g/mol. The molecule has 4 nitrogen and oxygen atoms in total. The van der Waals surface area contributed by atoms with Crippen molar-refractivity contribution in [1.82, 2.24) is 5.32 Å². The van der Waals surface area contributed by atoms with Crippen molar-refractivity contribution in [2.45, 2.75) is 22.3 Å². The molecule has 9 heteroatoms. The summed E-state index contributed by atoms with van der Waals surface area (Å²) in [5, 5.41) is 11.4. The van der Waals surface area contributed by atoms with E-state index in [1.807, 2.05) is 12.1 Å². The highest BCUT2D eigenvalue weighted by Gasteiger charge is 2.30. The molecule has 0 spiro atoms. The number of nitrogens with zero attached hydrogens (tertiary/aromatic N) is 2. The number of hydrogen-bond donors (Lipinski definition) is 1. The fraction of sp³-hybridized carbons (Fsp3) is 0.167. The average molecular weight is 426 g/mol. The van der Waals surface area contributed by atoms with Gasteiger partial charge in [0.25, 0.3) is 5.76 Å². The van der Waals surface area contributed by atoms with Crippen LogP contribution in [0.15, 0.2) is 63.6 Å². The topological polar surface area (TPSA) is 53.8 Å². The Labute approximate surface area is 168 Å². The molecule has 1 aliphatic heterocycles. The van der Waals surface area contributed by atoms with E-state index in [2.05, 4.69) is 15.5 Å². The lowest BCUT2D eigenvalue weighted by Gasteiger charge is -2.06. The lowest BCUT2D eigenvalue weighted by molar-refractivity contribution is -0.118. The Morgan fingerprint density at radius 2 is 1.89 bits per heavy atom. The molecule has 1 unspecified atom stereocenters. The van der Waals surface area contributed by atoms with Crippen LogP contribution < -0.4 is 5.32 Å². The summed E-state index contributed by atoms with van der Waals surface area (Å²) in [7, 11) is 0. The Kier molecular flexibility index (Phi) is 6.87. The number of benzene rings is 2. The molecule has 3 rings (SSSR count). The number of rotatable bonds is 6. The molecule has 1 heterocycles. The molecular formula is C18H14ClF2N3OS2. The summed E-state index contributed by atoms with van der Waals surface area (Å²) >= 11 is 7.62. The zero-order chi connectivity index (χ0) is 19.2. The number of nitrogens with one attached hydrogen (secondary N) is 1. The Morgan fingerprint density at radius 1 is 1.19 bits per heavy atom. The van der Waals surface area contributed by atoms with Crippen molar-refractivity contribution in [2.24, 2.45) is 10.2 Å². The van der Waals surface area contributed by atoms with Crippen molar-refractivity contribution in [3.05, 3.63) is 64.7 Å². The standard InChI is InChI=1S/C18H14ClF2N3OS2/c19-13-5-1-12(2-6-13)10-22-24-18-23-16(25)15(27-18)9-11-3-7-14(8-4-11)26-17(20)21/h1-8,10,15,17H,9H2,(H,23,24,25). The van der Waals surface area contributed by atoms with Gasteiger partial charge in [0.2, 0.25) is 5.91 Å². The van der Waals surface area contributed by atoms with Crippen LogP contribution >= 0.6 is 35.1 Å². The molecule has 1 saturated heterocycles. The van der Waals surface area contributed by atoms with E-state index in [0.717, 1.165) is 11.1 Å². The zero-order valence-corrected chi connectivity index (χ0v) is 16.2. The van der Waals surface area contributed by atoms with Crippen molar-refractivity contribution in [1.29, 1.82) is 0 Å². The molecule has 0 radical (unpaired) electrons. The second-order valence-electron chi connectivity index (χ2n) is 5.52. The summed E-state index contributed by atoms with van der Waals surface area (Å²) in [6.45, 7) is 0. The summed E-state index contributed by atoms with van der Waals surface area (Å²) in [6, 6.07) is 13.9. The Morgan fingerprint density at radius 3 is 2.56 bits per heavy atom. The van der Waals surface area contributed by atoms with E-state index < -0.39 is 5.76 Å². The van der Waals surface area contributed by atoms with Gasteiger partial charge in [-0.15, -0.1) is 5.10 Å². The second kappa shape index (κ2) is 9.34. The predicted octanol–water partition coefficient (Wildman–Crippen LogP) is 4.82. The van der Waals surface area contributed by atoms with E-state index in [9.17, 15) is 13.6 Å². The van der Waals surface area contributed by atoms with Crippen molar-refractivity contribution >= 4 is 52.4 Å². The second-order valence-corrected chi connectivity index (χ2v) is 8.21. The molecule has 2 aromatic rings. The third-order valence-electron chi connectivity index (χ3n) is 3.57. The summed E-state index contributed by atoms with van der Waals surface area (Å²) in [4.78, 5) is 12.6. The highest BCUT2D eigenvalue weighted by atomic mass is 35.5. The fourth-order valence-electron chi connectivity index (χ4n) is 2.30. The van der Waals surface area contributed by atoms with E-state index >= 15 is 0 Å². The van der Waals surface area contributed by atoms with Crippen LogP contribution in [0.4, 0.5) is 8.78 Å². The van der Waals surface area contributed by atoms with Gasteiger partial charge >= 0.3 is 0 Å². The van der Waals surface area contributed by atoms with Crippen LogP contribution in [0.1, 0.15) is 11.1 Å². The molecular weight excluding hydrogens is 412 g/mol. The minimum Gasteiger partial charge on any atom is -0.303 e. The fourth-order valence-corrected chi connectivity index (χ4v) is 3.89. The number of halogens is 3. The first-order valence-electron chi connectivity index (χ1n) is 7.87. The van der Waals surface area contributed by atoms with Crippen molar-refractivity contribution in [3.8, 4) is 0 Å². The van der Waals surface area contributed by atoms with Gasteiger partial charge in [-0.25, -0.2) is 0 Å². The van der Waals surface area contributed by atoms with E-state index in [0.29, 0.717) is 33.3 Å². The molecule has 2 aromatic carbocycles. The molecule has 0 saturated carbocycles. The third kappa shape index (κ3) is 6.05. The lowest BCUT2D eigenvalue weighted by Crippen LogP contribution is -2.25. The molecule has 1 N–H and O–H groups in total. The minimum absolute atomic E-state index is 0.147. The van der Waals surface area contributed by atoms with Crippen LogP contribution in [-0.2, 0) is 11.2 Å². The minimum atomic E-state index is -2.45. The third-order valence-corrected chi connectivity index (χ3v) is 5.62. The Balaban J connectivity index is 1.57. The van der Waals surface area contributed by atoms with Crippen LogP contribution in [0.2, 0.25) is 5.02 Å². The van der Waals surface area contributed by atoms with Gasteiger partial charge in [0, 0.05) is 9.92 Å². The number of carbonyl (C=O) groups excluding carboxylic acids is 1. The summed E-state index contributed by atoms with van der Waals surface area (Å²) < 4.78 is 24.7. The van der Waals surface area contributed by atoms with Crippen LogP contribution in [-0.4, -0.2) is 28.3 Å². The summed E-state index contributed by atoms with van der Waals surface area (Å²) in [6.07, 6.45) is 2.05. The molecule has 140 valence electrons. The molecule has 0 aliphatic carbocycles. The highest BCUT2D eigenvalue weighted by molar-refractivity contribution is 8.15. The SMILES string of the molecule is O=C1N/C(=N\N=Cc2ccc(Cl)cc2)SC1Cc1ccc(SC(F)F)cc1. The van der Waals surface area contributed by atoms with Gasteiger partial charge < -0.3 is 5.32 Å². The number of carbonyl (C=O) groups is 1. The largest absolute Gasteiger partial charge is 0.303 e. The maximum absolute atomic E-state index is 12.3. The van der Waals surface area contributed by atoms with Gasteiger partial charge in [0.15, 0.2) is 5.17 Å².